The van der Waals surface area contributed by atoms with Gasteiger partial charge in [0.1, 0.15) is 6.04 Å². The van der Waals surface area contributed by atoms with Gasteiger partial charge in [-0.15, -0.1) is 0 Å². The van der Waals surface area contributed by atoms with Crippen molar-refractivity contribution in [1.29, 1.82) is 0 Å². The third-order valence-corrected chi connectivity index (χ3v) is 2.29. The number of aliphatic carboxylic acids is 1. The molecule has 7 heteroatoms. The van der Waals surface area contributed by atoms with Gasteiger partial charge < -0.3 is 5.11 Å². The topological polar surface area (TPSA) is 108 Å². The molecule has 0 spiro atoms. The van der Waals surface area contributed by atoms with E-state index in [1.165, 1.54) is 6.92 Å². The number of hydrogen-bond acceptors (Lipinski definition) is 4. The van der Waals surface area contributed by atoms with Crippen LogP contribution >= 0.6 is 0 Å². The Morgan fingerprint density at radius 2 is 1.79 bits per heavy atom. The lowest BCUT2D eigenvalue weighted by Crippen LogP contribution is -2.47. The molecule has 7 nitrogen and oxygen atoms in total. The molecule has 0 aliphatic carbocycles. The van der Waals surface area contributed by atoms with Crippen LogP contribution in [0.1, 0.15) is 17.3 Å². The maximum atomic E-state index is 11.6. The summed E-state index contributed by atoms with van der Waals surface area (Å²) in [6, 6.07) is 7.54. The summed E-state index contributed by atoms with van der Waals surface area (Å²) in [5, 5.41) is 11.1. The van der Waals surface area contributed by atoms with Crippen LogP contribution in [0.15, 0.2) is 30.3 Å². The Labute approximate surface area is 110 Å². The molecular weight excluding hydrogens is 250 g/mol. The minimum atomic E-state index is -1.05. The number of nitrogens with one attached hydrogen (secondary N) is 3. The van der Waals surface area contributed by atoms with E-state index < -0.39 is 23.8 Å². The second-order valence-corrected chi connectivity index (χ2v) is 3.81. The quantitative estimate of drug-likeness (QED) is 0.537. The summed E-state index contributed by atoms with van der Waals surface area (Å²) in [6.07, 6.45) is 0. The fraction of sp³-hybridized carbons (Fsp3) is 0.250. The van der Waals surface area contributed by atoms with E-state index in [0.29, 0.717) is 5.56 Å². The van der Waals surface area contributed by atoms with E-state index in [1.54, 1.807) is 30.3 Å². The lowest BCUT2D eigenvalue weighted by Gasteiger charge is -2.10. The van der Waals surface area contributed by atoms with Gasteiger partial charge in [0.15, 0.2) is 0 Å². The van der Waals surface area contributed by atoms with Gasteiger partial charge >= 0.3 is 5.97 Å². The Bertz CT molecular complexity index is 461. The van der Waals surface area contributed by atoms with Crippen molar-refractivity contribution in [3.05, 3.63) is 35.9 Å². The molecule has 1 unspecified atom stereocenters. The second-order valence-electron chi connectivity index (χ2n) is 3.81. The van der Waals surface area contributed by atoms with Crippen LogP contribution in [0, 0.1) is 0 Å². The molecule has 1 atom stereocenters. The molecule has 0 heterocycles. The number of hydrazine groups is 1. The van der Waals surface area contributed by atoms with Crippen LogP contribution in [-0.2, 0) is 9.59 Å². The van der Waals surface area contributed by atoms with Gasteiger partial charge in [0.05, 0.1) is 6.54 Å². The van der Waals surface area contributed by atoms with E-state index in [4.69, 9.17) is 5.11 Å². The molecule has 0 saturated carbocycles. The highest BCUT2D eigenvalue weighted by atomic mass is 16.4. The number of carboxylic acid groups (broad SMARTS) is 1. The second kappa shape index (κ2) is 7.12. The zero-order valence-corrected chi connectivity index (χ0v) is 10.3. The molecule has 0 radical (unpaired) electrons. The lowest BCUT2D eigenvalue weighted by atomic mass is 10.2. The molecule has 0 aliphatic heterocycles. The predicted molar refractivity (Wildman–Crippen MR) is 67.2 cm³/mol. The minimum Gasteiger partial charge on any atom is -0.480 e. The van der Waals surface area contributed by atoms with Gasteiger partial charge in [-0.3, -0.25) is 30.6 Å². The van der Waals surface area contributed by atoms with E-state index in [-0.39, 0.29) is 6.54 Å². The molecule has 0 saturated heterocycles. The molecule has 2 amide bonds. The lowest BCUT2D eigenvalue weighted by molar-refractivity contribution is -0.139. The van der Waals surface area contributed by atoms with Crippen molar-refractivity contribution in [3.8, 4) is 0 Å². The van der Waals surface area contributed by atoms with Gasteiger partial charge in [0, 0.05) is 5.56 Å². The molecule has 19 heavy (non-hydrogen) atoms. The average molecular weight is 265 g/mol. The van der Waals surface area contributed by atoms with Gasteiger partial charge in [-0.05, 0) is 19.1 Å². The van der Waals surface area contributed by atoms with Crippen molar-refractivity contribution in [2.24, 2.45) is 0 Å². The number of carbonyl (C=O) groups is 3. The third-order valence-electron chi connectivity index (χ3n) is 2.29. The molecule has 0 fully saturated rings. The smallest absolute Gasteiger partial charge is 0.320 e. The van der Waals surface area contributed by atoms with Crippen LogP contribution < -0.4 is 16.2 Å². The van der Waals surface area contributed by atoms with E-state index in [1.807, 2.05) is 0 Å². The molecular formula is C12H15N3O4. The first kappa shape index (κ1) is 14.7. The number of amides is 2. The van der Waals surface area contributed by atoms with Crippen molar-refractivity contribution < 1.29 is 19.5 Å². The maximum absolute atomic E-state index is 11.6. The zero-order chi connectivity index (χ0) is 14.3. The molecule has 102 valence electrons. The van der Waals surface area contributed by atoms with Crippen molar-refractivity contribution in [2.45, 2.75) is 13.0 Å². The Morgan fingerprint density at radius 1 is 1.16 bits per heavy atom. The summed E-state index contributed by atoms with van der Waals surface area (Å²) in [6.45, 7) is 1.21. The fourth-order valence-electron chi connectivity index (χ4n) is 1.17. The number of rotatable bonds is 5. The van der Waals surface area contributed by atoms with Crippen LogP contribution in [0.25, 0.3) is 0 Å². The Hall–Kier alpha value is -2.41. The van der Waals surface area contributed by atoms with Crippen LogP contribution in [-0.4, -0.2) is 35.5 Å². The summed E-state index contributed by atoms with van der Waals surface area (Å²) in [5.41, 5.74) is 4.82. The van der Waals surface area contributed by atoms with Crippen LogP contribution in [0.4, 0.5) is 0 Å². The van der Waals surface area contributed by atoms with E-state index in [9.17, 15) is 14.4 Å². The summed E-state index contributed by atoms with van der Waals surface area (Å²) < 4.78 is 0. The highest BCUT2D eigenvalue weighted by Crippen LogP contribution is 1.96. The minimum absolute atomic E-state index is 0.206. The molecule has 1 aromatic carbocycles. The van der Waals surface area contributed by atoms with Gasteiger partial charge in [-0.1, -0.05) is 18.2 Å². The Balaban J connectivity index is 2.31. The monoisotopic (exact) mass is 265 g/mol. The van der Waals surface area contributed by atoms with E-state index in [2.05, 4.69) is 16.2 Å². The predicted octanol–water partition coefficient (Wildman–Crippen LogP) is -0.490. The summed E-state index contributed by atoms with van der Waals surface area (Å²) in [7, 11) is 0. The Morgan fingerprint density at radius 3 is 2.37 bits per heavy atom. The first-order valence-corrected chi connectivity index (χ1v) is 5.61. The summed E-state index contributed by atoms with van der Waals surface area (Å²) >= 11 is 0. The van der Waals surface area contributed by atoms with Crippen molar-refractivity contribution in [3.63, 3.8) is 0 Å². The van der Waals surface area contributed by atoms with E-state index >= 15 is 0 Å². The highest BCUT2D eigenvalue weighted by Gasteiger charge is 2.12. The number of carboxylic acids is 1. The summed E-state index contributed by atoms with van der Waals surface area (Å²) in [4.78, 5) is 33.4. The molecule has 0 bridgehead atoms. The van der Waals surface area contributed by atoms with E-state index in [0.717, 1.165) is 0 Å². The largest absolute Gasteiger partial charge is 0.480 e. The fourth-order valence-corrected chi connectivity index (χ4v) is 1.17. The van der Waals surface area contributed by atoms with Gasteiger partial charge in [-0.2, -0.15) is 0 Å². The van der Waals surface area contributed by atoms with Crippen LogP contribution in [0.5, 0.6) is 0 Å². The van der Waals surface area contributed by atoms with Crippen LogP contribution in [0.2, 0.25) is 0 Å². The highest BCUT2D eigenvalue weighted by molar-refractivity contribution is 5.95. The first-order valence-electron chi connectivity index (χ1n) is 5.61. The molecule has 1 aromatic rings. The van der Waals surface area contributed by atoms with Crippen molar-refractivity contribution in [2.75, 3.05) is 6.54 Å². The SMILES string of the molecule is CC(NCC(=O)NNC(=O)c1ccccc1)C(=O)O. The molecule has 1 rings (SSSR count). The standard InChI is InChI=1S/C12H15N3O4/c1-8(12(18)19)13-7-10(16)14-15-11(17)9-5-3-2-4-6-9/h2-6,8,13H,7H2,1H3,(H,14,16)(H,15,17)(H,18,19). The molecule has 0 aliphatic rings. The average Bonchev–Trinajstić information content (AvgIpc) is 2.42. The molecule has 4 N–H and O–H groups in total. The Kier molecular flexibility index (Phi) is 5.49. The summed E-state index contributed by atoms with van der Waals surface area (Å²) in [5.74, 6) is -2.03. The van der Waals surface area contributed by atoms with Crippen LogP contribution in [0.3, 0.4) is 0 Å². The normalized spacial score (nSPS) is 11.4. The zero-order valence-electron chi connectivity index (χ0n) is 10.3. The van der Waals surface area contributed by atoms with Crippen molar-refractivity contribution in [1.82, 2.24) is 16.2 Å². The van der Waals surface area contributed by atoms with Gasteiger partial charge in [0.2, 0.25) is 0 Å². The number of carbonyl (C=O) groups excluding carboxylic acids is 2. The van der Waals surface area contributed by atoms with Crippen molar-refractivity contribution >= 4 is 17.8 Å². The van der Waals surface area contributed by atoms with Gasteiger partial charge in [-0.25, -0.2) is 0 Å². The first-order chi connectivity index (χ1) is 9.00. The maximum Gasteiger partial charge on any atom is 0.320 e. The van der Waals surface area contributed by atoms with Gasteiger partial charge in [0.25, 0.3) is 11.8 Å². The number of benzene rings is 1. The number of hydrogen-bond donors (Lipinski definition) is 4. The molecule has 0 aromatic heterocycles. The third kappa shape index (κ3) is 5.17.